The Bertz CT molecular complexity index is 256. The van der Waals surface area contributed by atoms with Gasteiger partial charge in [0.25, 0.3) is 0 Å². The summed E-state index contributed by atoms with van der Waals surface area (Å²) in [6.45, 7) is 13.7. The van der Waals surface area contributed by atoms with Gasteiger partial charge in [-0.05, 0) is 51.3 Å². The van der Waals surface area contributed by atoms with Crippen LogP contribution in [-0.4, -0.2) is 48.5 Å². The smallest absolute Gasteiger partial charge is 0.311 e. The normalized spacial score (nSPS) is 12.5. The first-order valence-corrected chi connectivity index (χ1v) is 18.0. The van der Waals surface area contributed by atoms with Crippen molar-refractivity contribution in [3.63, 3.8) is 0 Å². The van der Waals surface area contributed by atoms with Crippen molar-refractivity contribution in [3.8, 4) is 0 Å². The molecule has 0 aromatic carbocycles. The molecule has 0 radical (unpaired) electrons. The fourth-order valence-electron chi connectivity index (χ4n) is 2.17. The zero-order chi connectivity index (χ0) is 14.4. The molecule has 0 rings (SSSR count). The summed E-state index contributed by atoms with van der Waals surface area (Å²) in [5.74, 6) is 0. The topological polar surface area (TPSA) is 18.5 Å². The van der Waals surface area contributed by atoms with Crippen LogP contribution < -0.4 is 0 Å². The molecule has 0 aliphatic heterocycles. The third-order valence-electron chi connectivity index (χ3n) is 2.70. The molecule has 0 spiro atoms. The van der Waals surface area contributed by atoms with Crippen LogP contribution in [0.2, 0.25) is 38.8 Å². The minimum Gasteiger partial charge on any atom is -0.436 e. The highest BCUT2D eigenvalue weighted by atomic mass is 32.2. The second-order valence-corrected chi connectivity index (χ2v) is 21.1. The van der Waals surface area contributed by atoms with Gasteiger partial charge in [-0.3, -0.25) is 0 Å². The monoisotopic (exact) mass is 438 g/mol. The van der Waals surface area contributed by atoms with Crippen LogP contribution in [0.15, 0.2) is 0 Å². The summed E-state index contributed by atoms with van der Waals surface area (Å²) in [5.41, 5.74) is 0. The van der Waals surface area contributed by atoms with Crippen molar-refractivity contribution in [1.82, 2.24) is 0 Å². The molecule has 0 saturated heterocycles. The van der Waals surface area contributed by atoms with E-state index in [4.69, 9.17) is 8.23 Å². The molecule has 158 valence electrons. The number of hydrogen-bond acceptors (Lipinski definition) is 4. The molecular weight excluding hydrogens is 385 g/mol. The van der Waals surface area contributed by atoms with E-state index in [9.17, 15) is 0 Å². The fourth-order valence-corrected chi connectivity index (χ4v) is 20.9. The molecule has 1 unspecified atom stereocenters. The van der Waals surface area contributed by atoms with Crippen molar-refractivity contribution in [3.05, 3.63) is 0 Å². The Morgan fingerprint density at radius 3 is 1.33 bits per heavy atom. The van der Waals surface area contributed by atoms with Crippen molar-refractivity contribution < 1.29 is 8.23 Å². The Kier molecular flexibility index (Phi) is 35.4. The fraction of sp³-hybridized carbons (Fsp3) is 1.00. The Labute approximate surface area is 170 Å². The van der Waals surface area contributed by atoms with Gasteiger partial charge in [0.05, 0.1) is 0 Å². The van der Waals surface area contributed by atoms with Crippen LogP contribution in [0.4, 0.5) is 0 Å². The highest BCUT2D eigenvalue weighted by molar-refractivity contribution is 8.00. The molecule has 24 heavy (non-hydrogen) atoms. The lowest BCUT2D eigenvalue weighted by molar-refractivity contribution is 0.392. The molecule has 0 N–H and O–H groups in total. The number of thioether (sulfide) groups is 2. The van der Waals surface area contributed by atoms with Gasteiger partial charge in [0.15, 0.2) is 16.6 Å². The van der Waals surface area contributed by atoms with E-state index in [0.29, 0.717) is 0 Å². The quantitative estimate of drug-likeness (QED) is 0.338. The van der Waals surface area contributed by atoms with Gasteiger partial charge in [-0.15, -0.1) is 0 Å². The Morgan fingerprint density at radius 2 is 1.04 bits per heavy atom. The molecule has 0 saturated carbocycles. The van der Waals surface area contributed by atoms with Crippen LogP contribution in [0.3, 0.4) is 0 Å². The van der Waals surface area contributed by atoms with E-state index in [-0.39, 0.29) is 44.6 Å². The average Bonchev–Trinajstić information content (AvgIpc) is 2.14. The molecule has 0 amide bonds. The molecule has 0 aromatic heterocycles. The van der Waals surface area contributed by atoms with Crippen molar-refractivity contribution >= 4 is 48.7 Å². The van der Waals surface area contributed by atoms with E-state index in [0.717, 1.165) is 5.38 Å². The summed E-state index contributed by atoms with van der Waals surface area (Å²) >= 11 is 3.81. The first-order chi connectivity index (χ1) is 8.10. The highest BCUT2D eigenvalue weighted by Gasteiger charge is 2.40. The molecule has 1 atom stereocenters. The molecule has 0 aliphatic carbocycles. The third kappa shape index (κ3) is 19.6. The first kappa shape index (κ1) is 44.6. The predicted octanol–water partition coefficient (Wildman–Crippen LogP) is 8.14. The Morgan fingerprint density at radius 1 is 0.667 bits per heavy atom. The van der Waals surface area contributed by atoms with Gasteiger partial charge in [-0.25, -0.2) is 0 Å². The van der Waals surface area contributed by atoms with Crippen molar-refractivity contribution in [2.45, 2.75) is 90.3 Å². The van der Waals surface area contributed by atoms with E-state index in [1.807, 2.05) is 23.5 Å². The van der Waals surface area contributed by atoms with Gasteiger partial charge in [-0.1, -0.05) is 51.5 Å². The first-order valence-electron chi connectivity index (χ1n) is 6.48. The van der Waals surface area contributed by atoms with Gasteiger partial charge in [-0.2, -0.15) is 23.5 Å². The minimum absolute atomic E-state index is 0. The third-order valence-corrected chi connectivity index (χ3v) is 19.8. The van der Waals surface area contributed by atoms with Crippen molar-refractivity contribution in [2.75, 3.05) is 23.3 Å². The van der Waals surface area contributed by atoms with Gasteiger partial charge in [0.2, 0.25) is 0 Å². The second kappa shape index (κ2) is 19.0. The molecule has 7 heteroatoms. The molecule has 0 bridgehead atoms. The maximum atomic E-state index is 6.56. The van der Waals surface area contributed by atoms with E-state index in [1.54, 1.807) is 0 Å². The van der Waals surface area contributed by atoms with E-state index < -0.39 is 25.2 Å². The lowest BCUT2D eigenvalue weighted by Crippen LogP contribution is -2.55. The lowest BCUT2D eigenvalue weighted by Gasteiger charge is -2.39. The van der Waals surface area contributed by atoms with Crippen LogP contribution in [0.1, 0.15) is 51.5 Å². The zero-order valence-corrected chi connectivity index (χ0v) is 17.9. The standard InChI is InChI=1S/C11H30O2S2Si3.6CH4/c1-9-18(8,11-15-3)13-17(6,7)12-16(4,5)10-14-2;;;;;;/h9-11H2,1-8H3;6*1H4. The van der Waals surface area contributed by atoms with Gasteiger partial charge in [0, 0.05) is 10.8 Å². The maximum absolute atomic E-state index is 6.56. The summed E-state index contributed by atoms with van der Waals surface area (Å²) in [5, 5.41) is 2.33. The largest absolute Gasteiger partial charge is 0.436 e. The molecule has 2 nitrogen and oxygen atoms in total. The molecule has 0 fully saturated rings. The molecule has 0 heterocycles. The van der Waals surface area contributed by atoms with Gasteiger partial charge >= 0.3 is 8.56 Å². The minimum atomic E-state index is -1.97. The summed E-state index contributed by atoms with van der Waals surface area (Å²) in [6, 6.07) is 1.18. The van der Waals surface area contributed by atoms with Crippen LogP contribution in [0.25, 0.3) is 0 Å². The lowest BCUT2D eigenvalue weighted by atomic mass is 11.0. The Balaban J connectivity index is -0.0000000963. The summed E-state index contributed by atoms with van der Waals surface area (Å²) < 4.78 is 13.0. The summed E-state index contributed by atoms with van der Waals surface area (Å²) in [7, 11) is -5.10. The van der Waals surface area contributed by atoms with E-state index >= 15 is 0 Å². The van der Waals surface area contributed by atoms with Crippen molar-refractivity contribution in [1.29, 1.82) is 0 Å². The van der Waals surface area contributed by atoms with Gasteiger partial charge < -0.3 is 8.23 Å². The van der Waals surface area contributed by atoms with Crippen LogP contribution in [0.5, 0.6) is 0 Å². The zero-order valence-electron chi connectivity index (χ0n) is 13.3. The van der Waals surface area contributed by atoms with Crippen LogP contribution >= 0.6 is 23.5 Å². The summed E-state index contributed by atoms with van der Waals surface area (Å²) in [6.07, 6.45) is 4.33. The highest BCUT2D eigenvalue weighted by Crippen LogP contribution is 2.25. The maximum Gasteiger partial charge on any atom is 0.311 e. The van der Waals surface area contributed by atoms with Crippen LogP contribution in [0, 0.1) is 0 Å². The second-order valence-electron chi connectivity index (χ2n) is 6.03. The SMILES string of the molecule is C.C.C.C.C.C.CC[Si](C)(CSC)O[Si](C)(C)O[Si](C)(C)CSC. The van der Waals surface area contributed by atoms with Gasteiger partial charge in [0.1, 0.15) is 0 Å². The Hall–Kier alpha value is 1.27. The van der Waals surface area contributed by atoms with E-state index in [2.05, 4.69) is 52.2 Å². The molecular formula is C17H54O2S2Si3. The molecule has 0 aliphatic rings. The molecule has 0 aromatic rings. The van der Waals surface area contributed by atoms with Crippen LogP contribution in [-0.2, 0) is 8.23 Å². The summed E-state index contributed by atoms with van der Waals surface area (Å²) in [4.78, 5) is 0. The number of hydrogen-bond donors (Lipinski definition) is 0. The number of rotatable bonds is 9. The van der Waals surface area contributed by atoms with Crippen molar-refractivity contribution in [2.24, 2.45) is 0 Å². The van der Waals surface area contributed by atoms with E-state index in [1.165, 1.54) is 11.4 Å². The predicted molar refractivity (Wildman–Crippen MR) is 136 cm³/mol. The average molecular weight is 439 g/mol.